The van der Waals surface area contributed by atoms with E-state index in [-0.39, 0.29) is 5.04 Å². The SMILES string of the molecule is CC(C)(C)[Si](C)(C)c1cccc(P(c2ccccc2)c2ccccc2)c1NCc1ccccc1. The Hall–Kier alpha value is -2.67. The summed E-state index contributed by atoms with van der Waals surface area (Å²) >= 11 is 0. The van der Waals surface area contributed by atoms with Gasteiger partial charge < -0.3 is 5.32 Å². The molecule has 1 N–H and O–H groups in total. The highest BCUT2D eigenvalue weighted by molar-refractivity contribution is 7.80. The summed E-state index contributed by atoms with van der Waals surface area (Å²) in [7, 11) is -2.48. The highest BCUT2D eigenvalue weighted by atomic mass is 31.1. The van der Waals surface area contributed by atoms with Gasteiger partial charge in [0.1, 0.15) is 0 Å². The molecule has 0 bridgehead atoms. The van der Waals surface area contributed by atoms with Gasteiger partial charge in [0.15, 0.2) is 0 Å². The maximum Gasteiger partial charge on any atom is 0.0886 e. The summed E-state index contributed by atoms with van der Waals surface area (Å²) in [4.78, 5) is 0. The quantitative estimate of drug-likeness (QED) is 0.227. The Morgan fingerprint density at radius 3 is 1.65 bits per heavy atom. The minimum Gasteiger partial charge on any atom is -0.381 e. The Balaban J connectivity index is 1.92. The molecule has 0 aliphatic carbocycles. The highest BCUT2D eigenvalue weighted by Gasteiger charge is 2.39. The van der Waals surface area contributed by atoms with E-state index in [1.165, 1.54) is 32.4 Å². The van der Waals surface area contributed by atoms with Gasteiger partial charge >= 0.3 is 0 Å². The fourth-order valence-electron chi connectivity index (χ4n) is 4.20. The molecule has 1 nitrogen and oxygen atoms in total. The van der Waals surface area contributed by atoms with Crippen molar-refractivity contribution in [1.29, 1.82) is 0 Å². The van der Waals surface area contributed by atoms with Crippen LogP contribution < -0.4 is 26.4 Å². The third-order valence-corrected chi connectivity index (χ3v) is 15.2. The van der Waals surface area contributed by atoms with Crippen molar-refractivity contribution in [1.82, 2.24) is 0 Å². The van der Waals surface area contributed by atoms with Gasteiger partial charge in [-0.15, -0.1) is 0 Å². The number of para-hydroxylation sites is 1. The van der Waals surface area contributed by atoms with Crippen LogP contribution in [0.1, 0.15) is 26.3 Å². The van der Waals surface area contributed by atoms with Crippen molar-refractivity contribution in [2.75, 3.05) is 5.32 Å². The van der Waals surface area contributed by atoms with E-state index in [0.29, 0.717) is 0 Å². The molecule has 0 atom stereocenters. The fourth-order valence-corrected chi connectivity index (χ4v) is 8.93. The van der Waals surface area contributed by atoms with Gasteiger partial charge in [-0.1, -0.05) is 143 Å². The van der Waals surface area contributed by atoms with Crippen LogP contribution in [0, 0.1) is 0 Å². The summed E-state index contributed by atoms with van der Waals surface area (Å²) in [5.41, 5.74) is 2.65. The molecule has 174 valence electrons. The average molecular weight is 482 g/mol. The van der Waals surface area contributed by atoms with Crippen molar-refractivity contribution in [3.05, 3.63) is 115 Å². The third-order valence-electron chi connectivity index (χ3n) is 7.17. The van der Waals surface area contributed by atoms with Gasteiger partial charge in [-0.05, 0) is 34.3 Å². The molecule has 0 heterocycles. The monoisotopic (exact) mass is 481 g/mol. The van der Waals surface area contributed by atoms with Crippen LogP contribution in [0.25, 0.3) is 0 Å². The zero-order chi connectivity index (χ0) is 24.2. The topological polar surface area (TPSA) is 12.0 Å². The fraction of sp³-hybridized carbons (Fsp3) is 0.226. The van der Waals surface area contributed by atoms with Crippen LogP contribution in [0.3, 0.4) is 0 Å². The Kier molecular flexibility index (Phi) is 7.41. The number of benzene rings is 4. The summed E-state index contributed by atoms with van der Waals surface area (Å²) in [5, 5.41) is 9.91. The standard InChI is InChI=1S/C31H36NPSi/c1-31(2,3)34(4,5)29-23-15-22-28(30(29)32-24-25-16-9-6-10-17-25)33(26-18-11-7-12-19-26)27-20-13-8-14-21-27/h6-23,32H,24H2,1-5H3. The molecule has 0 spiro atoms. The van der Waals surface area contributed by atoms with Gasteiger partial charge in [0.25, 0.3) is 0 Å². The van der Waals surface area contributed by atoms with Crippen molar-refractivity contribution >= 4 is 42.8 Å². The molecule has 34 heavy (non-hydrogen) atoms. The average Bonchev–Trinajstić information content (AvgIpc) is 2.84. The first-order chi connectivity index (χ1) is 16.3. The van der Waals surface area contributed by atoms with E-state index in [1.807, 2.05) is 0 Å². The first-order valence-corrected chi connectivity index (χ1v) is 16.4. The first kappa shape index (κ1) is 24.5. The molecule has 0 aliphatic rings. The van der Waals surface area contributed by atoms with Gasteiger partial charge in [-0.3, -0.25) is 0 Å². The summed E-state index contributed by atoms with van der Waals surface area (Å²) in [5.74, 6) is 0. The largest absolute Gasteiger partial charge is 0.381 e. The van der Waals surface area contributed by atoms with Gasteiger partial charge in [0.2, 0.25) is 0 Å². The maximum atomic E-state index is 3.95. The van der Waals surface area contributed by atoms with Crippen LogP contribution in [-0.2, 0) is 6.54 Å². The lowest BCUT2D eigenvalue weighted by Crippen LogP contribution is -2.51. The summed E-state index contributed by atoms with van der Waals surface area (Å²) < 4.78 is 0. The predicted molar refractivity (Wildman–Crippen MR) is 156 cm³/mol. The summed E-state index contributed by atoms with van der Waals surface area (Å²) in [6, 6.07) is 39.8. The van der Waals surface area contributed by atoms with E-state index in [9.17, 15) is 0 Å². The third kappa shape index (κ3) is 5.19. The van der Waals surface area contributed by atoms with Crippen LogP contribution in [0.5, 0.6) is 0 Å². The van der Waals surface area contributed by atoms with Crippen molar-refractivity contribution in [2.45, 2.75) is 45.4 Å². The van der Waals surface area contributed by atoms with Crippen molar-refractivity contribution in [2.24, 2.45) is 0 Å². The van der Waals surface area contributed by atoms with E-state index < -0.39 is 16.0 Å². The molecule has 0 unspecified atom stereocenters. The van der Waals surface area contributed by atoms with E-state index in [2.05, 4.69) is 148 Å². The molecule has 3 heteroatoms. The first-order valence-electron chi connectivity index (χ1n) is 12.1. The van der Waals surface area contributed by atoms with Gasteiger partial charge in [0, 0.05) is 17.5 Å². The molecular weight excluding hydrogens is 445 g/mol. The Morgan fingerprint density at radius 1 is 0.647 bits per heavy atom. The predicted octanol–water partition coefficient (Wildman–Crippen LogP) is 6.77. The molecule has 0 saturated carbocycles. The number of hydrogen-bond acceptors (Lipinski definition) is 1. The van der Waals surface area contributed by atoms with Crippen LogP contribution in [0.2, 0.25) is 18.1 Å². The van der Waals surface area contributed by atoms with Crippen LogP contribution in [0.15, 0.2) is 109 Å². The maximum absolute atomic E-state index is 3.95. The minimum absolute atomic E-state index is 0.247. The van der Waals surface area contributed by atoms with Crippen LogP contribution in [0.4, 0.5) is 5.69 Å². The molecule has 4 aromatic rings. The van der Waals surface area contributed by atoms with E-state index >= 15 is 0 Å². The smallest absolute Gasteiger partial charge is 0.0886 e. The minimum atomic E-state index is -1.80. The van der Waals surface area contributed by atoms with Crippen LogP contribution >= 0.6 is 7.92 Å². The highest BCUT2D eigenvalue weighted by Crippen LogP contribution is 2.40. The van der Waals surface area contributed by atoms with E-state index in [4.69, 9.17) is 0 Å². The zero-order valence-corrected chi connectivity index (χ0v) is 22.9. The second-order valence-corrected chi connectivity index (χ2v) is 17.9. The van der Waals surface area contributed by atoms with Gasteiger partial charge in [0.05, 0.1) is 8.07 Å². The second-order valence-electron chi connectivity index (χ2n) is 10.4. The molecule has 0 amide bonds. The molecule has 4 aromatic carbocycles. The number of nitrogens with one attached hydrogen (secondary N) is 1. The number of rotatable bonds is 7. The Bertz CT molecular complexity index is 1160. The molecule has 0 fully saturated rings. The van der Waals surface area contributed by atoms with Gasteiger partial charge in [-0.2, -0.15) is 0 Å². The van der Waals surface area contributed by atoms with E-state index in [0.717, 1.165) is 6.54 Å². The molecule has 0 saturated heterocycles. The van der Waals surface area contributed by atoms with Crippen molar-refractivity contribution < 1.29 is 0 Å². The summed E-state index contributed by atoms with van der Waals surface area (Å²) in [6.45, 7) is 13.1. The number of anilines is 1. The zero-order valence-electron chi connectivity index (χ0n) is 21.0. The lowest BCUT2D eigenvalue weighted by atomic mass is 10.2. The summed E-state index contributed by atoms with van der Waals surface area (Å²) in [6.07, 6.45) is 0. The van der Waals surface area contributed by atoms with Crippen molar-refractivity contribution in [3.63, 3.8) is 0 Å². The number of hydrogen-bond donors (Lipinski definition) is 1. The van der Waals surface area contributed by atoms with E-state index in [1.54, 1.807) is 0 Å². The van der Waals surface area contributed by atoms with Gasteiger partial charge in [-0.25, -0.2) is 0 Å². The van der Waals surface area contributed by atoms with Crippen molar-refractivity contribution in [3.8, 4) is 0 Å². The normalized spacial score (nSPS) is 12.1. The molecule has 0 aliphatic heterocycles. The molecule has 0 radical (unpaired) electrons. The molecule has 0 aromatic heterocycles. The Morgan fingerprint density at radius 2 is 1.15 bits per heavy atom. The molecule has 4 rings (SSSR count). The lowest BCUT2D eigenvalue weighted by Gasteiger charge is -2.39. The van der Waals surface area contributed by atoms with Crippen LogP contribution in [-0.4, -0.2) is 8.07 Å². The Labute approximate surface area is 208 Å². The second kappa shape index (κ2) is 10.3. The lowest BCUT2D eigenvalue weighted by molar-refractivity contribution is 0.729. The molecular formula is C31H36NPSi.